The molecule has 0 bridgehead atoms. The van der Waals surface area contributed by atoms with Crippen molar-refractivity contribution in [2.45, 2.75) is 17.7 Å². The Labute approximate surface area is 103 Å². The van der Waals surface area contributed by atoms with Crippen LogP contribution in [0.25, 0.3) is 0 Å². The van der Waals surface area contributed by atoms with Gasteiger partial charge in [-0.25, -0.2) is 0 Å². The number of thioether (sulfide) groups is 1. The third-order valence-corrected chi connectivity index (χ3v) is 4.19. The lowest BCUT2D eigenvalue weighted by Crippen LogP contribution is -2.20. The molecule has 0 N–H and O–H groups in total. The molecule has 16 heavy (non-hydrogen) atoms. The molecule has 0 saturated heterocycles. The average Bonchev–Trinajstić information content (AvgIpc) is 2.49. The minimum absolute atomic E-state index is 1.01. The van der Waals surface area contributed by atoms with E-state index in [1.165, 1.54) is 30.8 Å². The summed E-state index contributed by atoms with van der Waals surface area (Å²) in [6, 6.07) is 6.72. The molecule has 2 heteroatoms. The molecule has 1 nitrogen and oxygen atoms in total. The molecule has 86 valence electrons. The van der Waals surface area contributed by atoms with Crippen molar-refractivity contribution in [3.8, 4) is 0 Å². The molecule has 1 aliphatic heterocycles. The van der Waals surface area contributed by atoms with Crippen LogP contribution in [0.15, 0.2) is 35.7 Å². The zero-order valence-corrected chi connectivity index (χ0v) is 10.7. The van der Waals surface area contributed by atoms with E-state index in [0.717, 1.165) is 5.75 Å². The SMILES string of the molecule is C=CCSc1cccc2c1CCN(C)CC2. The van der Waals surface area contributed by atoms with Crippen molar-refractivity contribution in [2.24, 2.45) is 0 Å². The van der Waals surface area contributed by atoms with Gasteiger partial charge in [0.15, 0.2) is 0 Å². The summed E-state index contributed by atoms with van der Waals surface area (Å²) in [4.78, 5) is 3.87. The van der Waals surface area contributed by atoms with Crippen LogP contribution in [0.4, 0.5) is 0 Å². The van der Waals surface area contributed by atoms with Crippen molar-refractivity contribution >= 4 is 11.8 Å². The maximum atomic E-state index is 3.79. The molecule has 1 aromatic carbocycles. The van der Waals surface area contributed by atoms with E-state index in [4.69, 9.17) is 0 Å². The van der Waals surface area contributed by atoms with Gasteiger partial charge in [-0.1, -0.05) is 18.2 Å². The lowest BCUT2D eigenvalue weighted by molar-refractivity contribution is 0.352. The molecule has 1 aromatic rings. The topological polar surface area (TPSA) is 3.24 Å². The standard InChI is InChI=1S/C14H19NS/c1-3-11-16-14-6-4-5-12-7-9-15(2)10-8-13(12)14/h3-6H,1,7-11H2,2H3. The van der Waals surface area contributed by atoms with Crippen LogP contribution in [0.5, 0.6) is 0 Å². The smallest absolute Gasteiger partial charge is 0.0158 e. The molecule has 1 aliphatic rings. The van der Waals surface area contributed by atoms with Crippen LogP contribution in [-0.4, -0.2) is 30.8 Å². The first kappa shape index (κ1) is 11.7. The highest BCUT2D eigenvalue weighted by atomic mass is 32.2. The Kier molecular flexibility index (Phi) is 4.08. The Morgan fingerprint density at radius 2 is 2.19 bits per heavy atom. The van der Waals surface area contributed by atoms with Crippen LogP contribution >= 0.6 is 11.8 Å². The molecule has 2 rings (SSSR count). The summed E-state index contributed by atoms with van der Waals surface area (Å²) < 4.78 is 0. The van der Waals surface area contributed by atoms with E-state index in [2.05, 4.69) is 36.7 Å². The fourth-order valence-corrected chi connectivity index (χ4v) is 3.02. The van der Waals surface area contributed by atoms with E-state index in [1.54, 1.807) is 11.1 Å². The van der Waals surface area contributed by atoms with Gasteiger partial charge in [-0.3, -0.25) is 0 Å². The summed E-state index contributed by atoms with van der Waals surface area (Å²) in [5.41, 5.74) is 3.11. The molecular weight excluding hydrogens is 214 g/mol. The van der Waals surface area contributed by atoms with E-state index < -0.39 is 0 Å². The van der Waals surface area contributed by atoms with Gasteiger partial charge in [0.25, 0.3) is 0 Å². The average molecular weight is 233 g/mol. The van der Waals surface area contributed by atoms with Gasteiger partial charge in [0.05, 0.1) is 0 Å². The van der Waals surface area contributed by atoms with Gasteiger partial charge >= 0.3 is 0 Å². The second kappa shape index (κ2) is 5.55. The monoisotopic (exact) mass is 233 g/mol. The Morgan fingerprint density at radius 1 is 1.38 bits per heavy atom. The maximum Gasteiger partial charge on any atom is 0.0158 e. The summed E-state index contributed by atoms with van der Waals surface area (Å²) in [5.74, 6) is 1.01. The number of nitrogens with zero attached hydrogens (tertiary/aromatic N) is 1. The number of fused-ring (bicyclic) bond motifs is 1. The fraction of sp³-hybridized carbons (Fsp3) is 0.429. The molecule has 0 atom stereocenters. The molecule has 1 heterocycles. The number of likely N-dealkylation sites (N-methyl/N-ethyl adjacent to an activating group) is 1. The minimum atomic E-state index is 1.01. The molecule has 0 aliphatic carbocycles. The van der Waals surface area contributed by atoms with Crippen LogP contribution in [0, 0.1) is 0 Å². The Bertz CT molecular complexity index is 373. The van der Waals surface area contributed by atoms with Gasteiger partial charge in [0.2, 0.25) is 0 Å². The molecule has 0 aromatic heterocycles. The summed E-state index contributed by atoms with van der Waals surface area (Å²) in [7, 11) is 2.21. The lowest BCUT2D eigenvalue weighted by atomic mass is 10.0. The molecule has 0 radical (unpaired) electrons. The summed E-state index contributed by atoms with van der Waals surface area (Å²) in [5, 5.41) is 0. The van der Waals surface area contributed by atoms with E-state index in [9.17, 15) is 0 Å². The van der Waals surface area contributed by atoms with Gasteiger partial charge < -0.3 is 4.90 Å². The third-order valence-electron chi connectivity index (χ3n) is 3.09. The van der Waals surface area contributed by atoms with Crippen molar-refractivity contribution in [1.82, 2.24) is 4.90 Å². The van der Waals surface area contributed by atoms with Crippen LogP contribution in [0.2, 0.25) is 0 Å². The number of benzene rings is 1. The predicted octanol–water partition coefficient (Wildman–Crippen LogP) is 3.00. The van der Waals surface area contributed by atoms with Crippen LogP contribution in [0.3, 0.4) is 0 Å². The molecule has 0 fully saturated rings. The van der Waals surface area contributed by atoms with Gasteiger partial charge in [-0.05, 0) is 37.1 Å². The van der Waals surface area contributed by atoms with E-state index in [-0.39, 0.29) is 0 Å². The normalized spacial score (nSPS) is 16.6. The molecule has 0 unspecified atom stereocenters. The van der Waals surface area contributed by atoms with E-state index >= 15 is 0 Å². The highest BCUT2D eigenvalue weighted by molar-refractivity contribution is 7.99. The number of hydrogen-bond donors (Lipinski definition) is 0. The summed E-state index contributed by atoms with van der Waals surface area (Å²) in [6.45, 7) is 6.15. The van der Waals surface area contributed by atoms with Gasteiger partial charge in [0, 0.05) is 23.7 Å². The van der Waals surface area contributed by atoms with Gasteiger partial charge in [-0.15, -0.1) is 18.3 Å². The quantitative estimate of drug-likeness (QED) is 0.583. The second-order valence-electron chi connectivity index (χ2n) is 4.30. The number of rotatable bonds is 3. The van der Waals surface area contributed by atoms with Crippen LogP contribution in [-0.2, 0) is 12.8 Å². The van der Waals surface area contributed by atoms with Crippen molar-refractivity contribution in [3.63, 3.8) is 0 Å². The van der Waals surface area contributed by atoms with Gasteiger partial charge in [0.1, 0.15) is 0 Å². The fourth-order valence-electron chi connectivity index (χ4n) is 2.14. The van der Waals surface area contributed by atoms with Crippen LogP contribution < -0.4 is 0 Å². The largest absolute Gasteiger partial charge is 0.306 e. The minimum Gasteiger partial charge on any atom is -0.306 e. The predicted molar refractivity (Wildman–Crippen MR) is 72.3 cm³/mol. The zero-order chi connectivity index (χ0) is 11.4. The Hall–Kier alpha value is -0.730. The Balaban J connectivity index is 2.24. The summed E-state index contributed by atoms with van der Waals surface area (Å²) in [6.07, 6.45) is 4.35. The maximum absolute atomic E-state index is 3.79. The van der Waals surface area contributed by atoms with Crippen molar-refractivity contribution in [3.05, 3.63) is 42.0 Å². The van der Waals surface area contributed by atoms with Crippen molar-refractivity contribution in [2.75, 3.05) is 25.9 Å². The first-order chi connectivity index (χ1) is 7.81. The zero-order valence-electron chi connectivity index (χ0n) is 9.91. The highest BCUT2D eigenvalue weighted by Gasteiger charge is 2.13. The van der Waals surface area contributed by atoms with Crippen molar-refractivity contribution in [1.29, 1.82) is 0 Å². The molecule has 0 saturated carbocycles. The first-order valence-corrected chi connectivity index (χ1v) is 6.83. The highest BCUT2D eigenvalue weighted by Crippen LogP contribution is 2.28. The molecular formula is C14H19NS. The second-order valence-corrected chi connectivity index (χ2v) is 5.36. The van der Waals surface area contributed by atoms with E-state index in [0.29, 0.717) is 0 Å². The Morgan fingerprint density at radius 3 is 3.00 bits per heavy atom. The van der Waals surface area contributed by atoms with Crippen molar-refractivity contribution < 1.29 is 0 Å². The molecule has 0 spiro atoms. The number of hydrogen-bond acceptors (Lipinski definition) is 2. The van der Waals surface area contributed by atoms with Crippen LogP contribution in [0.1, 0.15) is 11.1 Å². The van der Waals surface area contributed by atoms with Gasteiger partial charge in [-0.2, -0.15) is 0 Å². The third kappa shape index (κ3) is 2.69. The summed E-state index contributed by atoms with van der Waals surface area (Å²) >= 11 is 1.91. The first-order valence-electron chi connectivity index (χ1n) is 5.84. The molecule has 0 amide bonds. The lowest BCUT2D eigenvalue weighted by Gasteiger charge is -2.11. The van der Waals surface area contributed by atoms with E-state index in [1.807, 2.05) is 17.8 Å².